The Labute approximate surface area is 125 Å². The van der Waals surface area contributed by atoms with Gasteiger partial charge in [-0.15, -0.1) is 0 Å². The highest BCUT2D eigenvalue weighted by Crippen LogP contribution is 2.11. The summed E-state index contributed by atoms with van der Waals surface area (Å²) in [5.41, 5.74) is 0.939. The van der Waals surface area contributed by atoms with Crippen molar-refractivity contribution in [2.45, 2.75) is 11.8 Å². The van der Waals surface area contributed by atoms with Crippen LogP contribution in [-0.4, -0.2) is 35.1 Å². The molecule has 0 fully saturated rings. The van der Waals surface area contributed by atoms with Crippen LogP contribution in [0.25, 0.3) is 0 Å². The topological polar surface area (TPSA) is 157 Å². The quantitative estimate of drug-likeness (QED) is 0.545. The van der Waals surface area contributed by atoms with Crippen molar-refractivity contribution in [3.63, 3.8) is 0 Å². The number of isocyanates is 3. The van der Waals surface area contributed by atoms with Crippen LogP contribution in [0, 0.1) is 6.92 Å². The molecule has 0 heterocycles. The minimum Gasteiger partial charge on any atom is -0.210 e. The number of nitrogens with zero attached hydrogens (tertiary/aromatic N) is 3. The van der Waals surface area contributed by atoms with Crippen LogP contribution in [0.4, 0.5) is 0 Å². The average molecular weight is 345 g/mol. The summed E-state index contributed by atoms with van der Waals surface area (Å²) in [4.78, 5) is 28.3. The van der Waals surface area contributed by atoms with Crippen molar-refractivity contribution in [1.82, 2.24) is 0 Å². The molecule has 0 N–H and O–H groups in total. The van der Waals surface area contributed by atoms with Crippen LogP contribution >= 0.6 is 0 Å². The van der Waals surface area contributed by atoms with Crippen LogP contribution in [0.3, 0.4) is 0 Å². The Bertz CT molecular complexity index is 845. The molecule has 10 nitrogen and oxygen atoms in total. The molecule has 12 heteroatoms. The molecule has 1 rings (SSSR count). The lowest BCUT2D eigenvalue weighted by Crippen LogP contribution is -1.95. The standard InChI is InChI=1S/C8H7NO3S.C2N2O4S/c1-7-2-4-8(5-3-7)13(11,12)9-6-10;5-1-3-9(7,8)4-2-6/h2-5H,1H3;. The SMILES string of the molecule is Cc1ccc(S(=O)(=O)N=C=O)cc1.O=C=NS(=O)(=O)N=C=O. The van der Waals surface area contributed by atoms with Gasteiger partial charge < -0.3 is 0 Å². The predicted octanol–water partition coefficient (Wildman–Crippen LogP) is -0.0777. The Morgan fingerprint density at radius 1 is 0.773 bits per heavy atom. The second-order valence-electron chi connectivity index (χ2n) is 3.28. The highest BCUT2D eigenvalue weighted by atomic mass is 32.2. The van der Waals surface area contributed by atoms with E-state index in [2.05, 4.69) is 13.2 Å². The van der Waals surface area contributed by atoms with Gasteiger partial charge in [0.2, 0.25) is 0 Å². The molecule has 0 saturated heterocycles. The zero-order valence-corrected chi connectivity index (χ0v) is 12.5. The largest absolute Gasteiger partial charge is 0.383 e. The molecule has 1 aromatic carbocycles. The Balaban J connectivity index is 0.000000433. The molecule has 0 aliphatic heterocycles. The summed E-state index contributed by atoms with van der Waals surface area (Å²) in [5, 5.41) is 0. The Morgan fingerprint density at radius 3 is 1.55 bits per heavy atom. The molecule has 0 spiro atoms. The number of aryl methyl sites for hydroxylation is 1. The first-order chi connectivity index (χ1) is 10.2. The molecule has 0 aliphatic carbocycles. The van der Waals surface area contributed by atoms with Gasteiger partial charge in [-0.1, -0.05) is 30.9 Å². The first kappa shape index (κ1) is 19.3. The zero-order valence-electron chi connectivity index (χ0n) is 10.8. The smallest absolute Gasteiger partial charge is 0.210 e. The van der Waals surface area contributed by atoms with Gasteiger partial charge in [-0.3, -0.25) is 0 Å². The van der Waals surface area contributed by atoms with Crippen molar-refractivity contribution in [2.75, 3.05) is 0 Å². The van der Waals surface area contributed by atoms with Crippen LogP contribution in [0.2, 0.25) is 0 Å². The lowest BCUT2D eigenvalue weighted by molar-refractivity contribution is 0.560. The molecular weight excluding hydrogens is 338 g/mol. The van der Waals surface area contributed by atoms with E-state index in [1.807, 2.05) is 6.92 Å². The highest BCUT2D eigenvalue weighted by Gasteiger charge is 2.10. The first-order valence-electron chi connectivity index (χ1n) is 5.02. The summed E-state index contributed by atoms with van der Waals surface area (Å²) >= 11 is 0. The Hall–Kier alpha value is -2.74. The number of carbonyl (C=O) groups excluding carboxylic acids is 3. The van der Waals surface area contributed by atoms with Crippen molar-refractivity contribution < 1.29 is 31.2 Å². The summed E-state index contributed by atoms with van der Waals surface area (Å²) in [6, 6.07) is 6.05. The van der Waals surface area contributed by atoms with Crippen LogP contribution in [0.15, 0.2) is 42.4 Å². The average Bonchev–Trinajstić information content (AvgIpc) is 2.39. The fraction of sp³-hybridized carbons (Fsp3) is 0.100. The van der Waals surface area contributed by atoms with E-state index in [-0.39, 0.29) is 4.90 Å². The van der Waals surface area contributed by atoms with Crippen molar-refractivity contribution in [2.24, 2.45) is 13.2 Å². The number of hydrogen-bond donors (Lipinski definition) is 0. The molecule has 0 amide bonds. The van der Waals surface area contributed by atoms with E-state index in [0.717, 1.165) is 11.6 Å². The molecule has 0 atom stereocenters. The van der Waals surface area contributed by atoms with Gasteiger partial charge in [-0.25, -0.2) is 14.4 Å². The molecular formula is C10H7N3O7S2. The van der Waals surface area contributed by atoms with Gasteiger partial charge in [0.25, 0.3) is 28.3 Å². The fourth-order valence-corrected chi connectivity index (χ4v) is 1.84. The number of sulfonamides is 1. The monoisotopic (exact) mass is 345 g/mol. The molecule has 22 heavy (non-hydrogen) atoms. The first-order valence-corrected chi connectivity index (χ1v) is 7.86. The number of rotatable bonds is 4. The molecule has 0 bridgehead atoms. The Kier molecular flexibility index (Phi) is 7.46. The molecule has 0 saturated carbocycles. The van der Waals surface area contributed by atoms with Crippen molar-refractivity contribution in [3.8, 4) is 0 Å². The Morgan fingerprint density at radius 2 is 1.18 bits per heavy atom. The summed E-state index contributed by atoms with van der Waals surface area (Å²) in [6.45, 7) is 1.83. The van der Waals surface area contributed by atoms with E-state index in [1.54, 1.807) is 12.1 Å². The molecule has 0 radical (unpaired) electrons. The lowest BCUT2D eigenvalue weighted by Gasteiger charge is -1.96. The van der Waals surface area contributed by atoms with Crippen LogP contribution in [0.1, 0.15) is 5.56 Å². The van der Waals surface area contributed by atoms with E-state index in [0.29, 0.717) is 12.2 Å². The normalized spacial score (nSPS) is 9.86. The van der Waals surface area contributed by atoms with Gasteiger partial charge in [0.05, 0.1) is 4.90 Å². The maximum atomic E-state index is 11.1. The minimum atomic E-state index is -4.28. The lowest BCUT2D eigenvalue weighted by atomic mass is 10.2. The number of benzene rings is 1. The zero-order chi connectivity index (χ0) is 17.2. The highest BCUT2D eigenvalue weighted by molar-refractivity contribution is 7.90. The minimum absolute atomic E-state index is 0.00134. The molecule has 1 aromatic rings. The van der Waals surface area contributed by atoms with Crippen LogP contribution < -0.4 is 0 Å². The summed E-state index contributed by atoms with van der Waals surface area (Å²) in [7, 11) is -8.10. The van der Waals surface area contributed by atoms with Crippen molar-refractivity contribution in [3.05, 3.63) is 29.8 Å². The van der Waals surface area contributed by atoms with Gasteiger partial charge in [-0.05, 0) is 19.1 Å². The fourth-order valence-electron chi connectivity index (χ4n) is 0.927. The van der Waals surface area contributed by atoms with Gasteiger partial charge >= 0.3 is 10.2 Å². The number of hydrogen-bond acceptors (Lipinski definition) is 7. The summed E-state index contributed by atoms with van der Waals surface area (Å²) < 4.78 is 49.3. The van der Waals surface area contributed by atoms with Gasteiger partial charge in [0, 0.05) is 0 Å². The molecule has 0 unspecified atom stereocenters. The maximum absolute atomic E-state index is 11.1. The van der Waals surface area contributed by atoms with E-state index in [1.165, 1.54) is 12.1 Å². The second-order valence-corrected chi connectivity index (χ2v) is 6.15. The predicted molar refractivity (Wildman–Crippen MR) is 71.6 cm³/mol. The van der Waals surface area contributed by atoms with Gasteiger partial charge in [0.15, 0.2) is 0 Å². The van der Waals surface area contributed by atoms with Crippen LogP contribution in [0.5, 0.6) is 0 Å². The molecule has 0 aliphatic rings. The second kappa shape index (κ2) is 8.53. The van der Waals surface area contributed by atoms with E-state index < -0.39 is 20.2 Å². The summed E-state index contributed by atoms with van der Waals surface area (Å²) in [6.07, 6.45) is 2.42. The van der Waals surface area contributed by atoms with E-state index >= 15 is 0 Å². The third-order valence-electron chi connectivity index (χ3n) is 1.78. The van der Waals surface area contributed by atoms with Gasteiger partial charge in [-0.2, -0.15) is 16.8 Å². The molecule has 116 valence electrons. The maximum Gasteiger partial charge on any atom is 0.383 e. The van der Waals surface area contributed by atoms with E-state index in [4.69, 9.17) is 0 Å². The molecule has 0 aromatic heterocycles. The van der Waals surface area contributed by atoms with Crippen LogP contribution in [-0.2, 0) is 34.6 Å². The third kappa shape index (κ3) is 7.15. The van der Waals surface area contributed by atoms with E-state index in [9.17, 15) is 31.2 Å². The third-order valence-corrected chi connectivity index (χ3v) is 3.57. The summed E-state index contributed by atoms with van der Waals surface area (Å²) in [5.74, 6) is 0. The van der Waals surface area contributed by atoms with Crippen molar-refractivity contribution >= 4 is 38.5 Å². The van der Waals surface area contributed by atoms with Gasteiger partial charge in [0.1, 0.15) is 0 Å². The van der Waals surface area contributed by atoms with Crippen molar-refractivity contribution in [1.29, 1.82) is 0 Å².